The first-order valence-corrected chi connectivity index (χ1v) is 8.93. The summed E-state index contributed by atoms with van der Waals surface area (Å²) in [5.74, 6) is 0. The average Bonchev–Trinajstić information content (AvgIpc) is 2.74. The molecule has 0 bridgehead atoms. The number of rotatable bonds is 2. The number of para-hydroxylation sites is 1. The van der Waals surface area contributed by atoms with Gasteiger partial charge in [-0.3, -0.25) is 0 Å². The zero-order valence-corrected chi connectivity index (χ0v) is 14.0. The monoisotopic (exact) mass is 329 g/mol. The second-order valence-corrected chi connectivity index (χ2v) is 7.57. The molecule has 1 aromatic rings. The van der Waals surface area contributed by atoms with Crippen LogP contribution in [0.4, 0.5) is 5.69 Å². The Labute approximate surface area is 141 Å². The molecular weight excluding hydrogens is 310 g/mol. The van der Waals surface area contributed by atoms with E-state index in [2.05, 4.69) is 16.7 Å². The van der Waals surface area contributed by atoms with Gasteiger partial charge in [-0.05, 0) is 25.0 Å². The second-order valence-electron chi connectivity index (χ2n) is 5.77. The maximum atomic E-state index is 9.46. The Morgan fingerprint density at radius 2 is 1.82 bits per heavy atom. The largest absolute Gasteiger partial charge is 0.360 e. The molecule has 2 N–H and O–H groups in total. The van der Waals surface area contributed by atoms with Gasteiger partial charge >= 0.3 is 0 Å². The van der Waals surface area contributed by atoms with Crippen molar-refractivity contribution in [1.29, 1.82) is 5.26 Å². The number of benzene rings is 1. The third-order valence-corrected chi connectivity index (χ3v) is 5.87. The molecule has 3 nitrogen and oxygen atoms in total. The highest BCUT2D eigenvalue weighted by Gasteiger charge is 2.39. The highest BCUT2D eigenvalue weighted by molar-refractivity contribution is 8.04. The van der Waals surface area contributed by atoms with Crippen LogP contribution in [0.25, 0.3) is 0 Å². The molecule has 1 heterocycles. The van der Waals surface area contributed by atoms with Gasteiger partial charge in [-0.15, -0.1) is 0 Å². The predicted octanol–water partition coefficient (Wildman–Crippen LogP) is 4.55. The molecule has 2 aliphatic rings. The lowest BCUT2D eigenvalue weighted by Gasteiger charge is -2.39. The average molecular weight is 329 g/mol. The Kier molecular flexibility index (Phi) is 4.70. The van der Waals surface area contributed by atoms with Gasteiger partial charge in [0, 0.05) is 5.69 Å². The Balaban J connectivity index is 1.90. The summed E-state index contributed by atoms with van der Waals surface area (Å²) in [6.45, 7) is 0. The highest BCUT2D eigenvalue weighted by Crippen LogP contribution is 2.44. The van der Waals surface area contributed by atoms with E-state index in [9.17, 15) is 5.26 Å². The van der Waals surface area contributed by atoms with Crippen LogP contribution in [0.5, 0.6) is 0 Å². The van der Waals surface area contributed by atoms with Crippen molar-refractivity contribution in [3.8, 4) is 6.07 Å². The number of nitrogens with zero attached hydrogens (tertiary/aromatic N) is 1. The van der Waals surface area contributed by atoms with Crippen molar-refractivity contribution in [2.45, 2.75) is 43.4 Å². The maximum Gasteiger partial charge on any atom is 0.121 e. The molecule has 1 aliphatic carbocycles. The van der Waals surface area contributed by atoms with Crippen molar-refractivity contribution in [3.63, 3.8) is 0 Å². The number of thioether (sulfide) groups is 1. The lowest BCUT2D eigenvalue weighted by atomic mass is 10.1. The summed E-state index contributed by atoms with van der Waals surface area (Å²) < 4.78 is 0. The van der Waals surface area contributed by atoms with E-state index in [1.54, 1.807) is 11.8 Å². The first-order valence-electron chi connectivity index (χ1n) is 7.70. The van der Waals surface area contributed by atoms with Crippen LogP contribution in [0, 0.1) is 11.3 Å². The minimum absolute atomic E-state index is 0.0505. The van der Waals surface area contributed by atoms with E-state index in [4.69, 9.17) is 12.2 Å². The number of hydrogen-bond donors (Lipinski definition) is 2. The number of nitrogens with one attached hydrogen (secondary N) is 2. The van der Waals surface area contributed by atoms with E-state index >= 15 is 0 Å². The molecule has 0 saturated heterocycles. The molecule has 1 saturated carbocycles. The van der Waals surface area contributed by atoms with Crippen LogP contribution in [0.1, 0.15) is 38.5 Å². The van der Waals surface area contributed by atoms with Crippen LogP contribution in [0.15, 0.2) is 40.9 Å². The third-order valence-electron chi connectivity index (χ3n) is 4.15. The first kappa shape index (κ1) is 15.4. The smallest absolute Gasteiger partial charge is 0.121 e. The van der Waals surface area contributed by atoms with Crippen LogP contribution in [-0.2, 0) is 0 Å². The van der Waals surface area contributed by atoms with Crippen LogP contribution < -0.4 is 10.6 Å². The van der Waals surface area contributed by atoms with Gasteiger partial charge in [-0.25, -0.2) is 0 Å². The quantitative estimate of drug-likeness (QED) is 0.780. The fourth-order valence-corrected chi connectivity index (χ4v) is 4.94. The molecule has 0 unspecified atom stereocenters. The Morgan fingerprint density at radius 1 is 1.14 bits per heavy atom. The predicted molar refractivity (Wildman–Crippen MR) is 96.5 cm³/mol. The topological polar surface area (TPSA) is 47.9 Å². The van der Waals surface area contributed by atoms with Crippen LogP contribution in [-0.4, -0.2) is 9.86 Å². The first-order chi connectivity index (χ1) is 10.7. The fourth-order valence-electron chi connectivity index (χ4n) is 3.01. The molecule has 1 fully saturated rings. The van der Waals surface area contributed by atoms with E-state index in [0.29, 0.717) is 10.6 Å². The molecule has 0 radical (unpaired) electrons. The molecule has 22 heavy (non-hydrogen) atoms. The summed E-state index contributed by atoms with van der Waals surface area (Å²) in [5, 5.41) is 17.2. The molecule has 0 atom stereocenters. The molecule has 1 aromatic carbocycles. The minimum Gasteiger partial charge on any atom is -0.360 e. The van der Waals surface area contributed by atoms with Crippen molar-refractivity contribution < 1.29 is 0 Å². The number of anilines is 1. The molecule has 1 spiro atoms. The lowest BCUT2D eigenvalue weighted by Crippen LogP contribution is -2.48. The summed E-state index contributed by atoms with van der Waals surface area (Å²) in [5.41, 5.74) is 1.55. The molecular formula is C17H19N3S2. The minimum atomic E-state index is -0.0505. The third kappa shape index (κ3) is 3.29. The summed E-state index contributed by atoms with van der Waals surface area (Å²) in [6, 6.07) is 12.2. The molecule has 114 valence electrons. The Hall–Kier alpha value is -1.51. The molecule has 5 heteroatoms. The number of nitriles is 1. The van der Waals surface area contributed by atoms with Gasteiger partial charge in [-0.1, -0.05) is 67.9 Å². The van der Waals surface area contributed by atoms with Gasteiger partial charge in [-0.2, -0.15) is 5.26 Å². The van der Waals surface area contributed by atoms with Crippen molar-refractivity contribution in [3.05, 3.63) is 40.9 Å². The summed E-state index contributed by atoms with van der Waals surface area (Å²) >= 11 is 7.22. The molecule has 0 amide bonds. The van der Waals surface area contributed by atoms with Crippen LogP contribution >= 0.6 is 24.0 Å². The van der Waals surface area contributed by atoms with Crippen molar-refractivity contribution >= 4 is 34.7 Å². The van der Waals surface area contributed by atoms with E-state index in [0.717, 1.165) is 23.6 Å². The van der Waals surface area contributed by atoms with Crippen molar-refractivity contribution in [1.82, 2.24) is 5.32 Å². The zero-order valence-electron chi connectivity index (χ0n) is 12.4. The van der Waals surface area contributed by atoms with E-state index < -0.39 is 0 Å². The van der Waals surface area contributed by atoms with Gasteiger partial charge in [0.2, 0.25) is 0 Å². The maximum absolute atomic E-state index is 9.46. The van der Waals surface area contributed by atoms with Gasteiger partial charge in [0.15, 0.2) is 0 Å². The van der Waals surface area contributed by atoms with Crippen LogP contribution in [0.2, 0.25) is 0 Å². The van der Waals surface area contributed by atoms with Crippen LogP contribution in [0.3, 0.4) is 0 Å². The number of thiocarbonyl (C=S) groups is 1. The van der Waals surface area contributed by atoms with Crippen molar-refractivity contribution in [2.75, 3.05) is 5.32 Å². The molecule has 0 aromatic heterocycles. The highest BCUT2D eigenvalue weighted by atomic mass is 32.2. The number of hydrogen-bond acceptors (Lipinski definition) is 4. The van der Waals surface area contributed by atoms with Crippen molar-refractivity contribution in [2.24, 2.45) is 0 Å². The molecule has 1 aliphatic heterocycles. The fraction of sp³-hybridized carbons (Fsp3) is 0.412. The summed E-state index contributed by atoms with van der Waals surface area (Å²) in [6.07, 6.45) is 7.18. The summed E-state index contributed by atoms with van der Waals surface area (Å²) in [7, 11) is 0. The van der Waals surface area contributed by atoms with E-state index in [1.807, 2.05) is 30.3 Å². The zero-order chi connectivity index (χ0) is 15.4. The van der Waals surface area contributed by atoms with Gasteiger partial charge < -0.3 is 10.6 Å². The second kappa shape index (κ2) is 6.72. The Morgan fingerprint density at radius 3 is 2.45 bits per heavy atom. The van der Waals surface area contributed by atoms with E-state index in [-0.39, 0.29) is 4.87 Å². The Bertz CT molecular complexity index is 623. The normalized spacial score (nSPS) is 21.0. The molecule has 3 rings (SSSR count). The van der Waals surface area contributed by atoms with Gasteiger partial charge in [0.05, 0.1) is 9.90 Å². The van der Waals surface area contributed by atoms with Gasteiger partial charge in [0.25, 0.3) is 0 Å². The summed E-state index contributed by atoms with van der Waals surface area (Å²) in [4.78, 5) is 0.534. The van der Waals surface area contributed by atoms with E-state index in [1.165, 1.54) is 25.7 Å². The van der Waals surface area contributed by atoms with Gasteiger partial charge in [0.1, 0.15) is 16.6 Å². The standard InChI is InChI=1S/C17H19N3S2/c18-12-14-15(21)20-17(10-6-1-2-7-11-17)22-16(14)19-13-8-4-3-5-9-13/h3-5,8-9,19H,1-2,6-7,10-11H2,(H,20,21). The SMILES string of the molecule is N#CC1=C(Nc2ccccc2)SC2(CCCCCC2)NC1=S. The lowest BCUT2D eigenvalue weighted by molar-refractivity contribution is 0.484.